The summed E-state index contributed by atoms with van der Waals surface area (Å²) < 4.78 is 5.95. The van der Waals surface area contributed by atoms with Crippen LogP contribution in [0.1, 0.15) is 42.7 Å². The van der Waals surface area contributed by atoms with Crippen molar-refractivity contribution in [2.45, 2.75) is 31.6 Å². The van der Waals surface area contributed by atoms with Crippen molar-refractivity contribution in [1.82, 2.24) is 5.32 Å². The quantitative estimate of drug-likeness (QED) is 0.571. The number of esters is 1. The van der Waals surface area contributed by atoms with E-state index in [9.17, 15) is 9.59 Å². The van der Waals surface area contributed by atoms with Crippen LogP contribution in [0.4, 0.5) is 0 Å². The molecule has 0 fully saturated rings. The van der Waals surface area contributed by atoms with E-state index in [1.165, 1.54) is 7.11 Å². The molecule has 1 N–H and O–H groups in total. The number of dihydropyridines is 1. The zero-order valence-electron chi connectivity index (χ0n) is 16.7. The number of benzene rings is 2. The largest absolute Gasteiger partial charge is 0.466 e. The summed E-state index contributed by atoms with van der Waals surface area (Å²) in [5.41, 5.74) is 4.52. The summed E-state index contributed by atoms with van der Waals surface area (Å²) in [7, 11) is 1.36. The van der Waals surface area contributed by atoms with E-state index in [2.05, 4.69) is 21.2 Å². The van der Waals surface area contributed by atoms with Gasteiger partial charge in [0.2, 0.25) is 0 Å². The molecule has 4 nitrogen and oxygen atoms in total. The molecule has 2 atom stereocenters. The molecule has 30 heavy (non-hydrogen) atoms. The van der Waals surface area contributed by atoms with E-state index in [4.69, 9.17) is 16.3 Å². The minimum Gasteiger partial charge on any atom is -0.466 e. The average molecular weight is 487 g/mol. The molecule has 0 aromatic heterocycles. The van der Waals surface area contributed by atoms with Crippen molar-refractivity contribution in [3.8, 4) is 0 Å². The summed E-state index contributed by atoms with van der Waals surface area (Å²) in [4.78, 5) is 26.1. The highest BCUT2D eigenvalue weighted by molar-refractivity contribution is 9.10. The topological polar surface area (TPSA) is 55.4 Å². The van der Waals surface area contributed by atoms with E-state index in [0.717, 1.165) is 21.3 Å². The number of carbonyl (C=O) groups excluding carboxylic acids is 2. The number of methoxy groups -OCH3 is 1. The first-order valence-corrected chi connectivity index (χ1v) is 10.9. The molecule has 0 saturated carbocycles. The number of allylic oxidation sites excluding steroid dienone is 3. The third-order valence-electron chi connectivity index (χ3n) is 5.76. The fourth-order valence-electron chi connectivity index (χ4n) is 4.47. The highest BCUT2D eigenvalue weighted by Crippen LogP contribution is 2.46. The molecule has 2 aliphatic rings. The number of carbonyl (C=O) groups is 2. The molecule has 4 rings (SSSR count). The van der Waals surface area contributed by atoms with Crippen LogP contribution in [-0.2, 0) is 14.3 Å². The smallest absolute Gasteiger partial charge is 0.336 e. The average Bonchev–Trinajstić information content (AvgIpc) is 2.72. The lowest BCUT2D eigenvalue weighted by atomic mass is 9.72. The summed E-state index contributed by atoms with van der Waals surface area (Å²) in [5, 5.41) is 4.00. The first-order valence-electron chi connectivity index (χ1n) is 9.73. The maximum Gasteiger partial charge on any atom is 0.336 e. The first-order chi connectivity index (χ1) is 14.4. The van der Waals surface area contributed by atoms with Crippen LogP contribution >= 0.6 is 27.5 Å². The molecule has 0 bridgehead atoms. The summed E-state index contributed by atoms with van der Waals surface area (Å²) in [6, 6.07) is 15.4. The van der Waals surface area contributed by atoms with Gasteiger partial charge in [-0.25, -0.2) is 4.79 Å². The fourth-order valence-corrected chi connectivity index (χ4v) is 5.17. The van der Waals surface area contributed by atoms with Crippen molar-refractivity contribution in [2.75, 3.05) is 7.11 Å². The summed E-state index contributed by atoms with van der Waals surface area (Å²) in [5.74, 6) is -0.885. The molecule has 0 radical (unpaired) electrons. The standard InChI is InChI=1S/C24H21BrClNO3/c1-13-21(24(29)30-2)22(14-6-5-7-16(25)10-14)23-19(27-13)11-15(12-20(23)28)17-8-3-4-9-18(17)26/h3-10,15,22,27H,11-12H2,1-2H3/t15-,22-/m0/s1. The molecule has 1 aliphatic heterocycles. The van der Waals surface area contributed by atoms with Crippen molar-refractivity contribution in [3.05, 3.63) is 91.7 Å². The van der Waals surface area contributed by atoms with Crippen molar-refractivity contribution in [3.63, 3.8) is 0 Å². The SMILES string of the molecule is COC(=O)C1=C(C)NC2=C(C(=O)C[C@@H](c3ccccc3Cl)C2)[C@H]1c1cccc(Br)c1. The number of hydrogen-bond acceptors (Lipinski definition) is 4. The Morgan fingerprint density at radius 2 is 1.93 bits per heavy atom. The van der Waals surface area contributed by atoms with Crippen LogP contribution in [0.25, 0.3) is 0 Å². The number of ether oxygens (including phenoxy) is 1. The van der Waals surface area contributed by atoms with E-state index in [1.54, 1.807) is 0 Å². The third kappa shape index (κ3) is 3.72. The molecule has 2 aromatic carbocycles. The zero-order valence-corrected chi connectivity index (χ0v) is 19.0. The fraction of sp³-hybridized carbons (Fsp3) is 0.250. The van der Waals surface area contributed by atoms with E-state index in [-0.39, 0.29) is 11.7 Å². The molecule has 1 aliphatic carbocycles. The van der Waals surface area contributed by atoms with Crippen LogP contribution < -0.4 is 5.32 Å². The van der Waals surface area contributed by atoms with Gasteiger partial charge in [-0.1, -0.05) is 57.9 Å². The van der Waals surface area contributed by atoms with Crippen molar-refractivity contribution >= 4 is 39.3 Å². The lowest BCUT2D eigenvalue weighted by Crippen LogP contribution is -2.36. The molecule has 6 heteroatoms. The molecule has 2 aromatic rings. The highest BCUT2D eigenvalue weighted by atomic mass is 79.9. The van der Waals surface area contributed by atoms with Crippen molar-refractivity contribution in [1.29, 1.82) is 0 Å². The van der Waals surface area contributed by atoms with Gasteiger partial charge in [0.25, 0.3) is 0 Å². The summed E-state index contributed by atoms with van der Waals surface area (Å²) in [6.07, 6.45) is 1.00. The van der Waals surface area contributed by atoms with Crippen LogP contribution in [-0.4, -0.2) is 18.9 Å². The Kier molecular flexibility index (Phi) is 5.85. The van der Waals surface area contributed by atoms with Gasteiger partial charge in [-0.3, -0.25) is 4.79 Å². The normalized spacial score (nSPS) is 21.3. The maximum atomic E-state index is 13.4. The number of halogens is 2. The summed E-state index contributed by atoms with van der Waals surface area (Å²) >= 11 is 9.92. The van der Waals surface area contributed by atoms with Crippen LogP contribution in [0.3, 0.4) is 0 Å². The van der Waals surface area contributed by atoms with Crippen LogP contribution in [0.15, 0.2) is 75.5 Å². The Morgan fingerprint density at radius 1 is 1.17 bits per heavy atom. The second-order valence-corrected chi connectivity index (χ2v) is 8.91. The Hall–Kier alpha value is -2.37. The van der Waals surface area contributed by atoms with E-state index < -0.39 is 11.9 Å². The second kappa shape index (κ2) is 8.40. The molecule has 0 unspecified atom stereocenters. The minimum absolute atomic E-state index is 0.00640. The number of Topliss-reactive ketones (excluding diaryl/α,β-unsaturated/α-hetero) is 1. The van der Waals surface area contributed by atoms with E-state index in [1.807, 2.05) is 55.5 Å². The van der Waals surface area contributed by atoms with Crippen molar-refractivity contribution < 1.29 is 14.3 Å². The van der Waals surface area contributed by atoms with E-state index >= 15 is 0 Å². The van der Waals surface area contributed by atoms with Crippen LogP contribution in [0.2, 0.25) is 5.02 Å². The number of rotatable bonds is 3. The lowest BCUT2D eigenvalue weighted by molar-refractivity contribution is -0.136. The Bertz CT molecular complexity index is 1110. The molecular formula is C24H21BrClNO3. The van der Waals surface area contributed by atoms with Gasteiger partial charge >= 0.3 is 5.97 Å². The van der Waals surface area contributed by atoms with Gasteiger partial charge in [0, 0.05) is 38.8 Å². The predicted octanol–water partition coefficient (Wildman–Crippen LogP) is 5.64. The minimum atomic E-state index is -0.467. The van der Waals surface area contributed by atoms with Gasteiger partial charge in [-0.15, -0.1) is 0 Å². The molecule has 1 heterocycles. The monoisotopic (exact) mass is 485 g/mol. The number of nitrogens with one attached hydrogen (secondary N) is 1. The first kappa shape index (κ1) is 20.9. The predicted molar refractivity (Wildman–Crippen MR) is 120 cm³/mol. The van der Waals surface area contributed by atoms with Crippen LogP contribution in [0.5, 0.6) is 0 Å². The molecule has 0 saturated heterocycles. The molecular weight excluding hydrogens is 466 g/mol. The summed E-state index contributed by atoms with van der Waals surface area (Å²) in [6.45, 7) is 1.85. The Morgan fingerprint density at radius 3 is 2.63 bits per heavy atom. The van der Waals surface area contributed by atoms with E-state index in [0.29, 0.717) is 34.7 Å². The van der Waals surface area contributed by atoms with Gasteiger partial charge in [0.15, 0.2) is 5.78 Å². The maximum absolute atomic E-state index is 13.4. The molecule has 0 spiro atoms. The highest BCUT2D eigenvalue weighted by Gasteiger charge is 2.41. The third-order valence-corrected chi connectivity index (χ3v) is 6.60. The number of ketones is 1. The van der Waals surface area contributed by atoms with Gasteiger partial charge in [0.05, 0.1) is 12.7 Å². The number of hydrogen-bond donors (Lipinski definition) is 1. The Labute approximate surface area is 189 Å². The second-order valence-electron chi connectivity index (χ2n) is 7.59. The van der Waals surface area contributed by atoms with Crippen molar-refractivity contribution in [2.24, 2.45) is 0 Å². The zero-order chi connectivity index (χ0) is 21.4. The van der Waals surface area contributed by atoms with Gasteiger partial charge < -0.3 is 10.1 Å². The lowest BCUT2D eigenvalue weighted by Gasteiger charge is -2.36. The van der Waals surface area contributed by atoms with Gasteiger partial charge in [-0.05, 0) is 48.6 Å². The van der Waals surface area contributed by atoms with Gasteiger partial charge in [-0.2, -0.15) is 0 Å². The van der Waals surface area contributed by atoms with Crippen LogP contribution in [0, 0.1) is 0 Å². The van der Waals surface area contributed by atoms with Gasteiger partial charge in [0.1, 0.15) is 0 Å². The molecule has 154 valence electrons. The Balaban J connectivity index is 1.83. The molecule has 0 amide bonds.